The number of benzene rings is 2. The molecule has 1 amide bonds. The first kappa shape index (κ1) is 27.3. The lowest BCUT2D eigenvalue weighted by atomic mass is 9.98. The van der Waals surface area contributed by atoms with Gasteiger partial charge in [0.05, 0.1) is 10.5 Å². The normalized spacial score (nSPS) is 13.1. The van der Waals surface area contributed by atoms with E-state index in [0.29, 0.717) is 22.6 Å². The molecule has 4 rings (SSSR count). The van der Waals surface area contributed by atoms with Crippen molar-refractivity contribution >= 4 is 58.8 Å². The standard InChI is InChI=1S/C25H26N6O5.ClH/c1-16(32)27-18-11-13-20(14-12-18)29-25-26-15-22(31(34)35)23(30-25)28-19-9-7-17(8-10-19)24(33)36-21-5-3-2-4-6-21;/h7-15,21H,2-6H2,1H3,(H,27,32)(H2,26,28,29,30);1H. The molecule has 1 aliphatic rings. The van der Waals surface area contributed by atoms with Gasteiger partial charge in [-0.25, -0.2) is 9.78 Å². The average molecular weight is 527 g/mol. The van der Waals surface area contributed by atoms with E-state index in [-0.39, 0.29) is 47.8 Å². The van der Waals surface area contributed by atoms with Crippen LogP contribution in [-0.2, 0) is 9.53 Å². The number of nitrogens with one attached hydrogen (secondary N) is 3. The number of carbonyl (C=O) groups is 2. The number of rotatable bonds is 8. The van der Waals surface area contributed by atoms with Gasteiger partial charge in [-0.2, -0.15) is 4.98 Å². The smallest absolute Gasteiger partial charge is 0.338 e. The summed E-state index contributed by atoms with van der Waals surface area (Å²) in [5, 5.41) is 20.1. The van der Waals surface area contributed by atoms with Gasteiger partial charge in [0.15, 0.2) is 0 Å². The highest BCUT2D eigenvalue weighted by molar-refractivity contribution is 5.90. The van der Waals surface area contributed by atoms with E-state index in [4.69, 9.17) is 4.74 Å². The van der Waals surface area contributed by atoms with Gasteiger partial charge in [0, 0.05) is 24.0 Å². The first-order chi connectivity index (χ1) is 17.4. The van der Waals surface area contributed by atoms with E-state index in [1.807, 2.05) is 0 Å². The van der Waals surface area contributed by atoms with Crippen LogP contribution in [0.2, 0.25) is 0 Å². The van der Waals surface area contributed by atoms with Gasteiger partial charge < -0.3 is 20.7 Å². The van der Waals surface area contributed by atoms with Crippen molar-refractivity contribution in [2.75, 3.05) is 16.0 Å². The molecule has 0 radical (unpaired) electrons. The summed E-state index contributed by atoms with van der Waals surface area (Å²) in [5.74, 6) is -0.426. The van der Waals surface area contributed by atoms with Gasteiger partial charge in [-0.15, -0.1) is 12.4 Å². The van der Waals surface area contributed by atoms with Crippen LogP contribution >= 0.6 is 12.4 Å². The minimum absolute atomic E-state index is 0. The van der Waals surface area contributed by atoms with Crippen molar-refractivity contribution in [3.8, 4) is 0 Å². The van der Waals surface area contributed by atoms with Crippen molar-refractivity contribution in [2.45, 2.75) is 45.1 Å². The number of carbonyl (C=O) groups excluding carboxylic acids is 2. The van der Waals surface area contributed by atoms with E-state index in [0.717, 1.165) is 31.9 Å². The van der Waals surface area contributed by atoms with Gasteiger partial charge in [0.1, 0.15) is 12.3 Å². The van der Waals surface area contributed by atoms with Crippen molar-refractivity contribution in [2.24, 2.45) is 0 Å². The first-order valence-corrected chi connectivity index (χ1v) is 11.6. The van der Waals surface area contributed by atoms with Gasteiger partial charge in [-0.3, -0.25) is 14.9 Å². The number of nitrogens with zero attached hydrogens (tertiary/aromatic N) is 3. The van der Waals surface area contributed by atoms with Crippen LogP contribution in [0.4, 0.5) is 34.5 Å². The Morgan fingerprint density at radius 1 is 0.946 bits per heavy atom. The zero-order chi connectivity index (χ0) is 25.5. The summed E-state index contributed by atoms with van der Waals surface area (Å²) in [6.07, 6.45) is 6.15. The molecule has 12 heteroatoms. The Balaban J connectivity index is 0.00000380. The molecule has 0 spiro atoms. The Morgan fingerprint density at radius 2 is 1.54 bits per heavy atom. The van der Waals surface area contributed by atoms with Crippen molar-refractivity contribution in [3.63, 3.8) is 0 Å². The van der Waals surface area contributed by atoms with Crippen molar-refractivity contribution < 1.29 is 19.2 Å². The topological polar surface area (TPSA) is 148 Å². The van der Waals surface area contributed by atoms with Crippen LogP contribution in [0.1, 0.15) is 49.4 Å². The maximum absolute atomic E-state index is 12.4. The van der Waals surface area contributed by atoms with Crippen LogP contribution in [-0.4, -0.2) is 32.9 Å². The maximum Gasteiger partial charge on any atom is 0.338 e. The highest BCUT2D eigenvalue weighted by Crippen LogP contribution is 2.28. The molecular weight excluding hydrogens is 500 g/mol. The number of halogens is 1. The molecule has 0 bridgehead atoms. The third-order valence-corrected chi connectivity index (χ3v) is 5.64. The zero-order valence-electron chi connectivity index (χ0n) is 20.1. The quantitative estimate of drug-likeness (QED) is 0.189. The van der Waals surface area contributed by atoms with E-state index in [2.05, 4.69) is 25.9 Å². The molecule has 1 heterocycles. The number of aromatic nitrogens is 2. The minimum atomic E-state index is -0.579. The van der Waals surface area contributed by atoms with E-state index in [9.17, 15) is 19.7 Å². The Hall–Kier alpha value is -4.25. The molecule has 3 N–H and O–H groups in total. The molecule has 1 aliphatic carbocycles. The lowest BCUT2D eigenvalue weighted by Crippen LogP contribution is -2.20. The van der Waals surface area contributed by atoms with Crippen molar-refractivity contribution in [1.29, 1.82) is 0 Å². The number of hydrogen-bond acceptors (Lipinski definition) is 9. The van der Waals surface area contributed by atoms with E-state index in [1.54, 1.807) is 48.5 Å². The number of anilines is 5. The van der Waals surface area contributed by atoms with Gasteiger partial charge in [0.25, 0.3) is 0 Å². The number of hydrogen-bond donors (Lipinski definition) is 3. The minimum Gasteiger partial charge on any atom is -0.459 e. The molecule has 3 aromatic rings. The Labute approximate surface area is 219 Å². The molecule has 194 valence electrons. The van der Waals surface area contributed by atoms with E-state index in [1.165, 1.54) is 13.3 Å². The van der Waals surface area contributed by atoms with Gasteiger partial charge in [-0.1, -0.05) is 6.42 Å². The predicted molar refractivity (Wildman–Crippen MR) is 142 cm³/mol. The molecule has 0 unspecified atom stereocenters. The second kappa shape index (κ2) is 12.6. The fourth-order valence-corrected chi connectivity index (χ4v) is 3.86. The lowest BCUT2D eigenvalue weighted by molar-refractivity contribution is -0.384. The predicted octanol–water partition coefficient (Wildman–Crippen LogP) is 5.74. The number of esters is 1. The van der Waals surface area contributed by atoms with Gasteiger partial charge in [0.2, 0.25) is 17.7 Å². The van der Waals surface area contributed by atoms with E-state index >= 15 is 0 Å². The Morgan fingerprint density at radius 3 is 2.16 bits per heavy atom. The third-order valence-electron chi connectivity index (χ3n) is 5.64. The molecule has 0 saturated heterocycles. The zero-order valence-corrected chi connectivity index (χ0v) is 20.9. The molecule has 37 heavy (non-hydrogen) atoms. The molecule has 1 aromatic heterocycles. The SMILES string of the molecule is CC(=O)Nc1ccc(Nc2ncc([N+](=O)[O-])c(Nc3ccc(C(=O)OC4CCCCC4)cc3)n2)cc1.Cl. The first-order valence-electron chi connectivity index (χ1n) is 11.6. The Kier molecular flexibility index (Phi) is 9.33. The second-order valence-electron chi connectivity index (χ2n) is 8.44. The molecule has 2 aromatic carbocycles. The summed E-state index contributed by atoms with van der Waals surface area (Å²) in [4.78, 5) is 42.8. The summed E-state index contributed by atoms with van der Waals surface area (Å²) in [6, 6.07) is 13.3. The van der Waals surface area contributed by atoms with Crippen LogP contribution in [0.15, 0.2) is 54.7 Å². The fourth-order valence-electron chi connectivity index (χ4n) is 3.86. The molecule has 0 aliphatic heterocycles. The van der Waals surface area contributed by atoms with Crippen molar-refractivity contribution in [3.05, 3.63) is 70.4 Å². The van der Waals surface area contributed by atoms with Crippen LogP contribution in [0.3, 0.4) is 0 Å². The summed E-state index contributed by atoms with van der Waals surface area (Å²) in [7, 11) is 0. The summed E-state index contributed by atoms with van der Waals surface area (Å²) in [5.41, 5.74) is 1.88. The lowest BCUT2D eigenvalue weighted by Gasteiger charge is -2.21. The number of ether oxygens (including phenoxy) is 1. The third kappa shape index (κ3) is 7.61. The molecule has 1 saturated carbocycles. The molecule has 0 atom stereocenters. The highest BCUT2D eigenvalue weighted by atomic mass is 35.5. The van der Waals surface area contributed by atoms with Gasteiger partial charge >= 0.3 is 11.7 Å². The highest BCUT2D eigenvalue weighted by Gasteiger charge is 2.20. The summed E-state index contributed by atoms with van der Waals surface area (Å²) < 4.78 is 5.59. The van der Waals surface area contributed by atoms with Crippen LogP contribution in [0, 0.1) is 10.1 Å². The van der Waals surface area contributed by atoms with Crippen LogP contribution in [0.5, 0.6) is 0 Å². The van der Waals surface area contributed by atoms with Crippen molar-refractivity contribution in [1.82, 2.24) is 9.97 Å². The molecule has 1 fully saturated rings. The van der Waals surface area contributed by atoms with E-state index < -0.39 is 4.92 Å². The van der Waals surface area contributed by atoms with Gasteiger partial charge in [-0.05, 0) is 74.2 Å². The Bertz CT molecular complexity index is 1250. The monoisotopic (exact) mass is 526 g/mol. The summed E-state index contributed by atoms with van der Waals surface area (Å²) in [6.45, 7) is 1.42. The molecule has 11 nitrogen and oxygen atoms in total. The summed E-state index contributed by atoms with van der Waals surface area (Å²) >= 11 is 0. The average Bonchev–Trinajstić information content (AvgIpc) is 2.86. The second-order valence-corrected chi connectivity index (χ2v) is 8.44. The fraction of sp³-hybridized carbons (Fsp3) is 0.280. The van der Waals surface area contributed by atoms with Crippen LogP contribution < -0.4 is 16.0 Å². The largest absolute Gasteiger partial charge is 0.459 e. The maximum atomic E-state index is 12.4. The van der Waals surface area contributed by atoms with Crippen LogP contribution in [0.25, 0.3) is 0 Å². The number of amides is 1. The molecular formula is C25H27ClN6O5. The number of nitro groups is 1.